The van der Waals surface area contributed by atoms with Gasteiger partial charge in [-0.3, -0.25) is 4.99 Å². The average Bonchev–Trinajstić information content (AvgIpc) is 3.27. The van der Waals surface area contributed by atoms with Crippen molar-refractivity contribution < 1.29 is 4.84 Å². The van der Waals surface area contributed by atoms with E-state index in [1.807, 2.05) is 0 Å². The summed E-state index contributed by atoms with van der Waals surface area (Å²) in [5.41, 5.74) is 5.67. The molecule has 2 aliphatic rings. The van der Waals surface area contributed by atoms with Gasteiger partial charge in [-0.05, 0) is 18.1 Å². The van der Waals surface area contributed by atoms with E-state index in [4.69, 9.17) is 4.84 Å². The van der Waals surface area contributed by atoms with Crippen LogP contribution in [0.2, 0.25) is 0 Å². The summed E-state index contributed by atoms with van der Waals surface area (Å²) in [5, 5.41) is 7.58. The molecule has 0 aromatic heterocycles. The lowest BCUT2D eigenvalue weighted by atomic mass is 9.98. The van der Waals surface area contributed by atoms with Gasteiger partial charge in [-0.25, -0.2) is 0 Å². The highest BCUT2D eigenvalue weighted by Crippen LogP contribution is 2.30. The third-order valence-corrected chi connectivity index (χ3v) is 4.25. The highest BCUT2D eigenvalue weighted by atomic mass is 16.6. The number of amidine groups is 1. The van der Waals surface area contributed by atoms with Crippen molar-refractivity contribution in [3.8, 4) is 0 Å². The van der Waals surface area contributed by atoms with Crippen LogP contribution in [0.1, 0.15) is 34.8 Å². The molecule has 0 aliphatic carbocycles. The smallest absolute Gasteiger partial charge is 0.158 e. The predicted octanol–water partition coefficient (Wildman–Crippen LogP) is 3.21. The maximum atomic E-state index is 5.64. The molecule has 2 heterocycles. The monoisotopic (exact) mass is 305 g/mol. The van der Waals surface area contributed by atoms with Gasteiger partial charge in [0.2, 0.25) is 0 Å². The highest BCUT2D eigenvalue weighted by Gasteiger charge is 2.24. The molecule has 23 heavy (non-hydrogen) atoms. The van der Waals surface area contributed by atoms with Crippen molar-refractivity contribution in [1.29, 1.82) is 0 Å². The van der Waals surface area contributed by atoms with Crippen LogP contribution < -0.4 is 5.32 Å². The minimum atomic E-state index is 0.0189. The molecule has 1 N–H and O–H groups in total. The molecule has 0 fully saturated rings. The van der Waals surface area contributed by atoms with Crippen molar-refractivity contribution in [3.63, 3.8) is 0 Å². The van der Waals surface area contributed by atoms with Crippen LogP contribution in [0, 0.1) is 6.92 Å². The van der Waals surface area contributed by atoms with E-state index in [9.17, 15) is 0 Å². The van der Waals surface area contributed by atoms with Gasteiger partial charge in [0.05, 0.1) is 12.3 Å². The highest BCUT2D eigenvalue weighted by molar-refractivity contribution is 6.03. The van der Waals surface area contributed by atoms with Crippen LogP contribution in [-0.4, -0.2) is 24.6 Å². The number of nitrogens with zero attached hydrogens (tertiary/aromatic N) is 2. The van der Waals surface area contributed by atoms with Crippen LogP contribution in [0.15, 0.2) is 58.7 Å². The van der Waals surface area contributed by atoms with Crippen molar-refractivity contribution in [2.75, 3.05) is 13.1 Å². The quantitative estimate of drug-likeness (QED) is 0.946. The average molecular weight is 305 g/mol. The molecule has 0 spiro atoms. The Balaban J connectivity index is 1.49. The lowest BCUT2D eigenvalue weighted by Crippen LogP contribution is -2.19. The Morgan fingerprint density at radius 1 is 1.09 bits per heavy atom. The minimum Gasteiger partial charge on any atom is -0.387 e. The fourth-order valence-corrected chi connectivity index (χ4v) is 3.01. The summed E-state index contributed by atoms with van der Waals surface area (Å²) in [4.78, 5) is 10.1. The molecule has 1 atom stereocenters. The van der Waals surface area contributed by atoms with E-state index in [1.165, 1.54) is 11.1 Å². The second kappa shape index (κ2) is 5.88. The van der Waals surface area contributed by atoms with Crippen LogP contribution in [0.3, 0.4) is 0 Å². The molecule has 4 heteroatoms. The van der Waals surface area contributed by atoms with E-state index in [1.54, 1.807) is 0 Å². The summed E-state index contributed by atoms with van der Waals surface area (Å²) in [6.07, 6.45) is 0.826. The van der Waals surface area contributed by atoms with Crippen molar-refractivity contribution >= 4 is 11.5 Å². The molecule has 4 nitrogen and oxygen atoms in total. The Morgan fingerprint density at radius 2 is 1.91 bits per heavy atom. The van der Waals surface area contributed by atoms with Crippen molar-refractivity contribution in [1.82, 2.24) is 5.32 Å². The van der Waals surface area contributed by atoms with E-state index >= 15 is 0 Å². The third-order valence-electron chi connectivity index (χ3n) is 4.25. The van der Waals surface area contributed by atoms with E-state index in [0.717, 1.165) is 42.2 Å². The molecule has 0 saturated carbocycles. The first-order valence-corrected chi connectivity index (χ1v) is 7.98. The van der Waals surface area contributed by atoms with Crippen molar-refractivity contribution in [3.05, 3.63) is 70.8 Å². The van der Waals surface area contributed by atoms with Gasteiger partial charge in [-0.15, -0.1) is 0 Å². The largest absolute Gasteiger partial charge is 0.387 e. The van der Waals surface area contributed by atoms with E-state index in [2.05, 4.69) is 70.9 Å². The van der Waals surface area contributed by atoms with Crippen LogP contribution in [0.4, 0.5) is 0 Å². The maximum Gasteiger partial charge on any atom is 0.158 e. The van der Waals surface area contributed by atoms with E-state index in [-0.39, 0.29) is 6.10 Å². The first kappa shape index (κ1) is 14.0. The molecule has 0 radical (unpaired) electrons. The lowest BCUT2D eigenvalue weighted by Gasteiger charge is -2.09. The number of aryl methyl sites for hydroxylation is 1. The molecule has 1 unspecified atom stereocenters. The van der Waals surface area contributed by atoms with Gasteiger partial charge in [0.25, 0.3) is 0 Å². The van der Waals surface area contributed by atoms with Gasteiger partial charge in [-0.1, -0.05) is 59.3 Å². The second-order valence-electron chi connectivity index (χ2n) is 5.98. The molecule has 2 aromatic carbocycles. The summed E-state index contributed by atoms with van der Waals surface area (Å²) < 4.78 is 0. The Labute approximate surface area is 135 Å². The van der Waals surface area contributed by atoms with Gasteiger partial charge < -0.3 is 10.2 Å². The van der Waals surface area contributed by atoms with Crippen LogP contribution in [-0.2, 0) is 4.84 Å². The molecule has 0 bridgehead atoms. The number of benzene rings is 2. The second-order valence-corrected chi connectivity index (χ2v) is 5.98. The fourth-order valence-electron chi connectivity index (χ4n) is 3.01. The number of hydrogen-bond acceptors (Lipinski definition) is 4. The maximum absolute atomic E-state index is 5.64. The van der Waals surface area contributed by atoms with Gasteiger partial charge in [0.1, 0.15) is 5.84 Å². The summed E-state index contributed by atoms with van der Waals surface area (Å²) in [7, 11) is 0. The number of oxime groups is 1. The summed E-state index contributed by atoms with van der Waals surface area (Å²) in [5.74, 6) is 0.985. The SMILES string of the molecule is Cc1cccc(C2CC(c3ccc(C4=NCCN4)cc3)=NO2)c1. The van der Waals surface area contributed by atoms with Crippen LogP contribution in [0.5, 0.6) is 0 Å². The molecule has 4 rings (SSSR count). The first-order valence-electron chi connectivity index (χ1n) is 7.98. The topological polar surface area (TPSA) is 46.0 Å². The van der Waals surface area contributed by atoms with E-state index in [0.29, 0.717) is 0 Å². The summed E-state index contributed by atoms with van der Waals surface area (Å²) in [6, 6.07) is 16.8. The van der Waals surface area contributed by atoms with Gasteiger partial charge in [-0.2, -0.15) is 0 Å². The van der Waals surface area contributed by atoms with Crippen molar-refractivity contribution in [2.24, 2.45) is 10.1 Å². The van der Waals surface area contributed by atoms with Crippen LogP contribution in [0.25, 0.3) is 0 Å². The van der Waals surface area contributed by atoms with Gasteiger partial charge in [0, 0.05) is 18.5 Å². The van der Waals surface area contributed by atoms with Crippen LogP contribution >= 0.6 is 0 Å². The zero-order valence-electron chi connectivity index (χ0n) is 13.1. The summed E-state index contributed by atoms with van der Waals surface area (Å²) >= 11 is 0. The zero-order valence-corrected chi connectivity index (χ0v) is 13.1. The number of nitrogens with one attached hydrogen (secondary N) is 1. The molecular weight excluding hydrogens is 286 g/mol. The van der Waals surface area contributed by atoms with E-state index < -0.39 is 0 Å². The zero-order chi connectivity index (χ0) is 15.6. The normalized spacial score (nSPS) is 19.8. The molecule has 2 aromatic rings. The molecule has 116 valence electrons. The molecular formula is C19H19N3O. The minimum absolute atomic E-state index is 0.0189. The third kappa shape index (κ3) is 2.84. The number of aliphatic imine (C=N–C) groups is 1. The Hall–Kier alpha value is -2.62. The standard InChI is InChI=1S/C19H19N3O/c1-13-3-2-4-16(11-13)18-12-17(22-23-18)14-5-7-15(8-6-14)19-20-9-10-21-19/h2-8,11,18H,9-10,12H2,1H3,(H,20,21). The van der Waals surface area contributed by atoms with Crippen molar-refractivity contribution in [2.45, 2.75) is 19.4 Å². The van der Waals surface area contributed by atoms with Gasteiger partial charge >= 0.3 is 0 Å². The number of rotatable bonds is 3. The first-order chi connectivity index (χ1) is 11.3. The molecule has 2 aliphatic heterocycles. The fraction of sp³-hybridized carbons (Fsp3) is 0.263. The lowest BCUT2D eigenvalue weighted by molar-refractivity contribution is 0.0857. The predicted molar refractivity (Wildman–Crippen MR) is 92.0 cm³/mol. The Morgan fingerprint density at radius 3 is 2.65 bits per heavy atom. The molecule has 0 saturated heterocycles. The summed E-state index contributed by atoms with van der Waals surface area (Å²) in [6.45, 7) is 3.88. The Kier molecular flexibility index (Phi) is 3.58. The Bertz CT molecular complexity index is 777. The van der Waals surface area contributed by atoms with Gasteiger partial charge in [0.15, 0.2) is 6.10 Å². The molecule has 0 amide bonds. The number of hydrogen-bond donors (Lipinski definition) is 1.